The highest BCUT2D eigenvalue weighted by Gasteiger charge is 2.29. The summed E-state index contributed by atoms with van der Waals surface area (Å²) in [5, 5.41) is 16.7. The number of halogens is 1. The fourth-order valence-electron chi connectivity index (χ4n) is 3.88. The van der Waals surface area contributed by atoms with Gasteiger partial charge in [-0.2, -0.15) is 0 Å². The molecule has 35 heavy (non-hydrogen) atoms. The average molecular weight is 490 g/mol. The van der Waals surface area contributed by atoms with Crippen LogP contribution in [0, 0.1) is 5.92 Å². The van der Waals surface area contributed by atoms with Crippen LogP contribution in [0.2, 0.25) is 5.02 Å². The van der Waals surface area contributed by atoms with Gasteiger partial charge in [0.05, 0.1) is 18.8 Å². The van der Waals surface area contributed by atoms with E-state index < -0.39 is 0 Å². The highest BCUT2D eigenvalue weighted by Crippen LogP contribution is 2.40. The molecule has 0 saturated heterocycles. The largest absolute Gasteiger partial charge is 0.392 e. The zero-order chi connectivity index (χ0) is 24.2. The van der Waals surface area contributed by atoms with Crippen molar-refractivity contribution in [2.75, 3.05) is 10.6 Å². The molecule has 2 aliphatic rings. The van der Waals surface area contributed by atoms with Crippen LogP contribution in [0.25, 0.3) is 5.65 Å². The van der Waals surface area contributed by atoms with Crippen molar-refractivity contribution in [1.29, 1.82) is 0 Å². The standard InChI is InChI=1S/C21H23N5O2.C6H5Cl/c27-12-16-7-15(13-1-2-13)10-26-11-18(24-20(16)26)9-23-17-5-6-22-19(8-17)25-21(28)14-3-4-14;7-6-4-2-1-3-5-6/h5-8,10-11,13-14,27H,1-4,9,12H2,(H2,22,23,25,28);1-5H. The van der Waals surface area contributed by atoms with E-state index in [0.717, 1.165) is 40.5 Å². The number of carbonyl (C=O) groups is 1. The van der Waals surface area contributed by atoms with Gasteiger partial charge in [-0.1, -0.05) is 29.8 Å². The van der Waals surface area contributed by atoms with Crippen molar-refractivity contribution in [2.45, 2.75) is 44.8 Å². The van der Waals surface area contributed by atoms with Crippen LogP contribution < -0.4 is 10.6 Å². The molecule has 7 nitrogen and oxygen atoms in total. The van der Waals surface area contributed by atoms with E-state index in [9.17, 15) is 9.90 Å². The lowest BCUT2D eigenvalue weighted by Crippen LogP contribution is -2.14. The van der Waals surface area contributed by atoms with Gasteiger partial charge in [-0.25, -0.2) is 9.97 Å². The molecule has 8 heteroatoms. The van der Waals surface area contributed by atoms with Gasteiger partial charge < -0.3 is 20.1 Å². The molecule has 2 saturated carbocycles. The van der Waals surface area contributed by atoms with Crippen LogP contribution in [0.1, 0.15) is 48.4 Å². The van der Waals surface area contributed by atoms with E-state index in [2.05, 4.69) is 32.9 Å². The fourth-order valence-corrected chi connectivity index (χ4v) is 4.02. The molecule has 4 aromatic rings. The third-order valence-corrected chi connectivity index (χ3v) is 6.34. The molecule has 0 spiro atoms. The number of aromatic nitrogens is 3. The number of benzene rings is 1. The second kappa shape index (κ2) is 10.5. The van der Waals surface area contributed by atoms with Gasteiger partial charge in [-0.15, -0.1) is 0 Å². The first-order valence-corrected chi connectivity index (χ1v) is 12.3. The van der Waals surface area contributed by atoms with Crippen molar-refractivity contribution in [3.63, 3.8) is 0 Å². The third kappa shape index (κ3) is 6.18. The summed E-state index contributed by atoms with van der Waals surface area (Å²) in [5.41, 5.74) is 4.71. The summed E-state index contributed by atoms with van der Waals surface area (Å²) in [6.45, 7) is 0.535. The van der Waals surface area contributed by atoms with E-state index in [4.69, 9.17) is 11.6 Å². The maximum Gasteiger partial charge on any atom is 0.228 e. The number of imidazole rings is 1. The number of amides is 1. The second-order valence-corrected chi connectivity index (χ2v) is 9.47. The minimum absolute atomic E-state index is 0.0116. The number of pyridine rings is 2. The number of fused-ring (bicyclic) bond motifs is 1. The molecule has 3 heterocycles. The average Bonchev–Trinajstić information content (AvgIpc) is 3.79. The molecule has 3 aromatic heterocycles. The Hall–Kier alpha value is -3.42. The number of hydrogen-bond donors (Lipinski definition) is 3. The van der Waals surface area contributed by atoms with Crippen molar-refractivity contribution < 1.29 is 9.90 Å². The van der Waals surface area contributed by atoms with Crippen molar-refractivity contribution in [1.82, 2.24) is 14.4 Å². The quantitative estimate of drug-likeness (QED) is 0.323. The molecule has 0 atom stereocenters. The van der Waals surface area contributed by atoms with E-state index in [0.29, 0.717) is 18.3 Å². The highest BCUT2D eigenvalue weighted by molar-refractivity contribution is 6.30. The Morgan fingerprint density at radius 1 is 1.09 bits per heavy atom. The van der Waals surface area contributed by atoms with Crippen molar-refractivity contribution in [3.05, 3.63) is 89.0 Å². The van der Waals surface area contributed by atoms with Gasteiger partial charge in [0.2, 0.25) is 5.91 Å². The number of rotatable bonds is 7. The van der Waals surface area contributed by atoms with Crippen LogP contribution in [-0.2, 0) is 17.9 Å². The molecule has 2 fully saturated rings. The van der Waals surface area contributed by atoms with Gasteiger partial charge in [-0.05, 0) is 61.4 Å². The predicted molar refractivity (Wildman–Crippen MR) is 137 cm³/mol. The second-order valence-electron chi connectivity index (χ2n) is 9.04. The minimum atomic E-state index is -0.0116. The Balaban J connectivity index is 0.000000313. The molecule has 3 N–H and O–H groups in total. The maximum atomic E-state index is 11.9. The number of nitrogens with zero attached hydrogens (tertiary/aromatic N) is 3. The third-order valence-electron chi connectivity index (χ3n) is 6.08. The van der Waals surface area contributed by atoms with Crippen LogP contribution in [0.5, 0.6) is 0 Å². The molecule has 180 valence electrons. The van der Waals surface area contributed by atoms with Crippen molar-refractivity contribution in [3.8, 4) is 0 Å². The first kappa shape index (κ1) is 23.3. The number of hydrogen-bond acceptors (Lipinski definition) is 5. The van der Waals surface area contributed by atoms with Gasteiger partial charge >= 0.3 is 0 Å². The normalized spacial score (nSPS) is 14.8. The van der Waals surface area contributed by atoms with Gasteiger partial charge in [0, 0.05) is 46.8 Å². The van der Waals surface area contributed by atoms with Crippen LogP contribution in [-0.4, -0.2) is 25.4 Å². The minimum Gasteiger partial charge on any atom is -0.392 e. The molecular weight excluding hydrogens is 462 g/mol. The molecule has 6 rings (SSSR count). The number of aliphatic hydroxyl groups is 1. The molecule has 0 aliphatic heterocycles. The summed E-state index contributed by atoms with van der Waals surface area (Å²) in [6.07, 6.45) is 10.2. The maximum absolute atomic E-state index is 11.9. The van der Waals surface area contributed by atoms with Crippen LogP contribution in [0.4, 0.5) is 11.5 Å². The Labute approximate surface area is 209 Å². The smallest absolute Gasteiger partial charge is 0.228 e. The number of aliphatic hydroxyl groups excluding tert-OH is 1. The monoisotopic (exact) mass is 489 g/mol. The lowest BCUT2D eigenvalue weighted by molar-refractivity contribution is -0.117. The van der Waals surface area contributed by atoms with Gasteiger partial charge in [0.1, 0.15) is 11.5 Å². The molecule has 0 bridgehead atoms. The number of nitrogens with one attached hydrogen (secondary N) is 2. The van der Waals surface area contributed by atoms with Crippen LogP contribution in [0.3, 0.4) is 0 Å². The molecule has 2 aliphatic carbocycles. The van der Waals surface area contributed by atoms with E-state index >= 15 is 0 Å². The topological polar surface area (TPSA) is 91.6 Å². The van der Waals surface area contributed by atoms with Gasteiger partial charge in [-0.3, -0.25) is 4.79 Å². The molecule has 0 unspecified atom stereocenters. The van der Waals surface area contributed by atoms with E-state index in [-0.39, 0.29) is 18.4 Å². The van der Waals surface area contributed by atoms with E-state index in [1.165, 1.54) is 18.4 Å². The van der Waals surface area contributed by atoms with Gasteiger partial charge in [0.25, 0.3) is 0 Å². The Bertz CT molecular complexity index is 1320. The lowest BCUT2D eigenvalue weighted by atomic mass is 10.1. The summed E-state index contributed by atoms with van der Waals surface area (Å²) in [7, 11) is 0. The zero-order valence-corrected chi connectivity index (χ0v) is 20.1. The summed E-state index contributed by atoms with van der Waals surface area (Å²) in [6, 6.07) is 15.2. The molecule has 0 radical (unpaired) electrons. The van der Waals surface area contributed by atoms with Crippen molar-refractivity contribution >= 4 is 34.7 Å². The Kier molecular flexibility index (Phi) is 6.97. The summed E-state index contributed by atoms with van der Waals surface area (Å²) in [4.78, 5) is 20.8. The lowest BCUT2D eigenvalue weighted by Gasteiger charge is -2.07. The summed E-state index contributed by atoms with van der Waals surface area (Å²) < 4.78 is 2.02. The van der Waals surface area contributed by atoms with Gasteiger partial charge in [0.15, 0.2) is 0 Å². The Morgan fingerprint density at radius 2 is 1.89 bits per heavy atom. The SMILES string of the molecule is Clc1ccccc1.O=C(Nc1cc(NCc2cn3cc(C4CC4)cc(CO)c3n2)ccn1)C1CC1. The highest BCUT2D eigenvalue weighted by atomic mass is 35.5. The zero-order valence-electron chi connectivity index (χ0n) is 19.3. The van der Waals surface area contributed by atoms with Crippen LogP contribution >= 0.6 is 11.6 Å². The first-order chi connectivity index (χ1) is 17.1. The van der Waals surface area contributed by atoms with E-state index in [1.807, 2.05) is 53.1 Å². The summed E-state index contributed by atoms with van der Waals surface area (Å²) >= 11 is 5.54. The summed E-state index contributed by atoms with van der Waals surface area (Å²) in [5.74, 6) is 1.39. The van der Waals surface area contributed by atoms with E-state index in [1.54, 1.807) is 6.20 Å². The predicted octanol–water partition coefficient (Wildman–Crippen LogP) is 5.40. The Morgan fingerprint density at radius 3 is 2.54 bits per heavy atom. The fraction of sp³-hybridized carbons (Fsp3) is 0.296. The van der Waals surface area contributed by atoms with Crippen molar-refractivity contribution in [2.24, 2.45) is 5.92 Å². The number of carbonyl (C=O) groups excluding carboxylic acids is 1. The molecule has 1 aromatic carbocycles. The molecular formula is C27H28ClN5O2. The first-order valence-electron chi connectivity index (χ1n) is 11.9. The van der Waals surface area contributed by atoms with Crippen LogP contribution in [0.15, 0.2) is 67.1 Å². The number of anilines is 2. The molecule has 1 amide bonds.